The number of hydrogen-bond donors (Lipinski definition) is 1. The molecule has 2 atom stereocenters. The van der Waals surface area contributed by atoms with Gasteiger partial charge in [0.1, 0.15) is 23.9 Å². The molecular weight excluding hydrogens is 461 g/mol. The van der Waals surface area contributed by atoms with E-state index in [0.29, 0.717) is 24.5 Å². The van der Waals surface area contributed by atoms with Gasteiger partial charge in [-0.05, 0) is 60.4 Å². The van der Waals surface area contributed by atoms with Crippen LogP contribution in [0.3, 0.4) is 0 Å². The summed E-state index contributed by atoms with van der Waals surface area (Å²) in [6.45, 7) is 1.26. The molecule has 2 heterocycles. The molecule has 0 radical (unpaired) electrons. The molecule has 2 aliphatic heterocycles. The molecule has 184 valence electrons. The monoisotopic (exact) mass is 487 g/mol. The minimum Gasteiger partial charge on any atom is -0.507 e. The van der Waals surface area contributed by atoms with Crippen molar-refractivity contribution in [2.75, 3.05) is 13.2 Å². The lowest BCUT2D eigenvalue weighted by Gasteiger charge is -2.27. The number of rotatable bonds is 7. The van der Waals surface area contributed by atoms with Crippen LogP contribution >= 0.6 is 0 Å². The molecule has 0 bridgehead atoms. The third kappa shape index (κ3) is 4.88. The first-order chi connectivity index (χ1) is 17.5. The Morgan fingerprint density at radius 2 is 1.72 bits per heavy atom. The topological polar surface area (TPSA) is 76.1 Å². The molecule has 0 aromatic heterocycles. The molecule has 2 unspecified atom stereocenters. The molecule has 0 saturated carbocycles. The fourth-order valence-corrected chi connectivity index (χ4v) is 4.67. The van der Waals surface area contributed by atoms with Crippen molar-refractivity contribution in [3.63, 3.8) is 0 Å². The SMILES string of the molecule is O=C1C(=O)N(CC2CCCO2)C(c2ccc(OCc3ccccc3)cc2)/C1=C(\O)c1ccc(F)cc1. The highest BCUT2D eigenvalue weighted by molar-refractivity contribution is 6.46. The number of aliphatic hydroxyl groups is 1. The van der Waals surface area contributed by atoms with Crippen LogP contribution in [0.15, 0.2) is 84.4 Å². The van der Waals surface area contributed by atoms with Crippen LogP contribution < -0.4 is 4.74 Å². The first-order valence-corrected chi connectivity index (χ1v) is 11.9. The number of Topliss-reactive ketones (excluding diaryl/α,β-unsaturated/α-hetero) is 1. The summed E-state index contributed by atoms with van der Waals surface area (Å²) in [7, 11) is 0. The van der Waals surface area contributed by atoms with E-state index >= 15 is 0 Å². The molecule has 1 amide bonds. The van der Waals surface area contributed by atoms with Crippen LogP contribution in [0.2, 0.25) is 0 Å². The Kier molecular flexibility index (Phi) is 6.82. The van der Waals surface area contributed by atoms with Crippen molar-refractivity contribution in [1.82, 2.24) is 4.90 Å². The van der Waals surface area contributed by atoms with Crippen LogP contribution in [0.1, 0.15) is 35.6 Å². The van der Waals surface area contributed by atoms with Gasteiger partial charge >= 0.3 is 0 Å². The molecule has 0 spiro atoms. The van der Waals surface area contributed by atoms with Crippen LogP contribution in [-0.2, 0) is 20.9 Å². The maximum absolute atomic E-state index is 13.5. The highest BCUT2D eigenvalue weighted by Crippen LogP contribution is 2.40. The van der Waals surface area contributed by atoms with E-state index in [-0.39, 0.29) is 29.5 Å². The molecule has 2 aliphatic rings. The number of benzene rings is 3. The van der Waals surface area contributed by atoms with E-state index in [0.717, 1.165) is 18.4 Å². The number of ether oxygens (including phenoxy) is 2. The summed E-state index contributed by atoms with van der Waals surface area (Å²) in [5.41, 5.74) is 1.93. The van der Waals surface area contributed by atoms with Gasteiger partial charge in [-0.2, -0.15) is 0 Å². The lowest BCUT2D eigenvalue weighted by atomic mass is 9.95. The van der Waals surface area contributed by atoms with Gasteiger partial charge in [-0.15, -0.1) is 0 Å². The lowest BCUT2D eigenvalue weighted by Crippen LogP contribution is -2.36. The van der Waals surface area contributed by atoms with E-state index in [9.17, 15) is 19.1 Å². The Bertz CT molecular complexity index is 1270. The summed E-state index contributed by atoms with van der Waals surface area (Å²) in [4.78, 5) is 27.7. The van der Waals surface area contributed by atoms with Crippen molar-refractivity contribution >= 4 is 17.4 Å². The van der Waals surface area contributed by atoms with Crippen LogP contribution in [0.5, 0.6) is 5.75 Å². The zero-order chi connectivity index (χ0) is 25.1. The Labute approximate surface area is 208 Å². The van der Waals surface area contributed by atoms with Crippen LogP contribution in [-0.4, -0.2) is 41.0 Å². The van der Waals surface area contributed by atoms with Crippen molar-refractivity contribution in [2.24, 2.45) is 0 Å². The second-order valence-corrected chi connectivity index (χ2v) is 8.94. The van der Waals surface area contributed by atoms with Gasteiger partial charge in [-0.1, -0.05) is 42.5 Å². The maximum atomic E-state index is 13.5. The van der Waals surface area contributed by atoms with Gasteiger partial charge in [0.05, 0.1) is 17.7 Å². The highest BCUT2D eigenvalue weighted by Gasteiger charge is 2.47. The molecule has 1 N–H and O–H groups in total. The number of likely N-dealkylation sites (tertiary alicyclic amines) is 1. The molecule has 2 fully saturated rings. The Balaban J connectivity index is 1.48. The fraction of sp³-hybridized carbons (Fsp3) is 0.241. The van der Waals surface area contributed by atoms with Crippen molar-refractivity contribution in [3.8, 4) is 5.75 Å². The third-order valence-corrected chi connectivity index (χ3v) is 6.53. The van der Waals surface area contributed by atoms with E-state index in [2.05, 4.69) is 0 Å². The van der Waals surface area contributed by atoms with E-state index in [4.69, 9.17) is 9.47 Å². The molecule has 5 rings (SSSR count). The zero-order valence-electron chi connectivity index (χ0n) is 19.6. The molecule has 3 aromatic carbocycles. The average molecular weight is 488 g/mol. The molecule has 0 aliphatic carbocycles. The van der Waals surface area contributed by atoms with Crippen LogP contribution in [0.4, 0.5) is 4.39 Å². The number of amides is 1. The van der Waals surface area contributed by atoms with Crippen molar-refractivity contribution < 1.29 is 28.6 Å². The standard InChI is InChI=1S/C29H26FNO5/c30-22-12-8-21(9-13-22)27(32)25-26(31(29(34)28(25)33)17-24-7-4-16-35-24)20-10-14-23(15-11-20)36-18-19-5-2-1-3-6-19/h1-3,5-6,8-15,24,26,32H,4,7,16-18H2/b27-25+. The number of carbonyl (C=O) groups excluding carboxylic acids is 2. The van der Waals surface area contributed by atoms with Gasteiger partial charge in [0.25, 0.3) is 11.7 Å². The largest absolute Gasteiger partial charge is 0.507 e. The quantitative estimate of drug-likeness (QED) is 0.288. The minimum atomic E-state index is -0.803. The minimum absolute atomic E-state index is 0.0254. The summed E-state index contributed by atoms with van der Waals surface area (Å²) in [5, 5.41) is 11.1. The second-order valence-electron chi connectivity index (χ2n) is 8.94. The normalized spacial score (nSPS) is 21.2. The van der Waals surface area contributed by atoms with Gasteiger partial charge in [0, 0.05) is 18.7 Å². The molecule has 6 nitrogen and oxygen atoms in total. The van der Waals surface area contributed by atoms with Gasteiger partial charge in [-0.3, -0.25) is 9.59 Å². The summed E-state index contributed by atoms with van der Waals surface area (Å²) >= 11 is 0. The number of nitrogens with zero attached hydrogens (tertiary/aromatic N) is 1. The first kappa shape index (κ1) is 23.8. The zero-order valence-corrected chi connectivity index (χ0v) is 19.6. The molecule has 2 saturated heterocycles. The second kappa shape index (κ2) is 10.3. The van der Waals surface area contributed by atoms with E-state index < -0.39 is 23.5 Å². The smallest absolute Gasteiger partial charge is 0.295 e. The van der Waals surface area contributed by atoms with E-state index in [1.54, 1.807) is 24.3 Å². The third-order valence-electron chi connectivity index (χ3n) is 6.53. The molecule has 7 heteroatoms. The lowest BCUT2D eigenvalue weighted by molar-refractivity contribution is -0.140. The predicted molar refractivity (Wildman–Crippen MR) is 132 cm³/mol. The van der Waals surface area contributed by atoms with Crippen molar-refractivity contribution in [2.45, 2.75) is 31.6 Å². The summed E-state index contributed by atoms with van der Waals surface area (Å²) in [5.74, 6) is -1.63. The van der Waals surface area contributed by atoms with Crippen molar-refractivity contribution in [1.29, 1.82) is 0 Å². The Morgan fingerprint density at radius 3 is 2.39 bits per heavy atom. The maximum Gasteiger partial charge on any atom is 0.295 e. The number of carbonyl (C=O) groups is 2. The van der Waals surface area contributed by atoms with Gasteiger partial charge in [0.2, 0.25) is 0 Å². The summed E-state index contributed by atoms with van der Waals surface area (Å²) in [6, 6.07) is 21.3. The molecular formula is C29H26FNO5. The number of hydrogen-bond acceptors (Lipinski definition) is 5. The van der Waals surface area contributed by atoms with E-state index in [1.807, 2.05) is 30.3 Å². The Morgan fingerprint density at radius 1 is 1.00 bits per heavy atom. The molecule has 36 heavy (non-hydrogen) atoms. The first-order valence-electron chi connectivity index (χ1n) is 11.9. The van der Waals surface area contributed by atoms with Gasteiger partial charge < -0.3 is 19.5 Å². The molecule has 3 aromatic rings. The number of ketones is 1. The number of halogens is 1. The summed E-state index contributed by atoms with van der Waals surface area (Å²) < 4.78 is 25.1. The van der Waals surface area contributed by atoms with Gasteiger partial charge in [-0.25, -0.2) is 4.39 Å². The summed E-state index contributed by atoms with van der Waals surface area (Å²) in [6.07, 6.45) is 1.51. The van der Waals surface area contributed by atoms with Crippen molar-refractivity contribution in [3.05, 3.63) is 107 Å². The van der Waals surface area contributed by atoms with Crippen LogP contribution in [0.25, 0.3) is 5.76 Å². The highest BCUT2D eigenvalue weighted by atomic mass is 19.1. The van der Waals surface area contributed by atoms with Gasteiger partial charge in [0.15, 0.2) is 0 Å². The fourth-order valence-electron chi connectivity index (χ4n) is 4.67. The van der Waals surface area contributed by atoms with E-state index in [1.165, 1.54) is 29.2 Å². The average Bonchev–Trinajstić information content (AvgIpc) is 3.51. The van der Waals surface area contributed by atoms with Crippen LogP contribution in [0, 0.1) is 5.82 Å². The Hall–Kier alpha value is -3.97. The predicted octanol–water partition coefficient (Wildman–Crippen LogP) is 5.01. The number of aliphatic hydroxyl groups excluding tert-OH is 1.